The Labute approximate surface area is 246 Å². The molecule has 226 valence electrons. The summed E-state index contributed by atoms with van der Waals surface area (Å²) in [6, 6.07) is 15.2. The first-order chi connectivity index (χ1) is 20.1. The average Bonchev–Trinajstić information content (AvgIpc) is 2.96. The van der Waals surface area contributed by atoms with E-state index in [9.17, 15) is 24.0 Å². The Morgan fingerprint density at radius 2 is 1.52 bits per heavy atom. The molecule has 0 radical (unpaired) electrons. The van der Waals surface area contributed by atoms with Crippen molar-refractivity contribution in [2.75, 3.05) is 13.2 Å². The number of benzene rings is 2. The van der Waals surface area contributed by atoms with Crippen molar-refractivity contribution in [2.45, 2.75) is 58.2 Å². The number of primary amides is 1. The highest BCUT2D eigenvalue weighted by atomic mass is 16.5. The van der Waals surface area contributed by atoms with Crippen LogP contribution in [0.1, 0.15) is 39.2 Å². The lowest BCUT2D eigenvalue weighted by atomic mass is 10.0. The van der Waals surface area contributed by atoms with Crippen molar-refractivity contribution in [1.29, 1.82) is 0 Å². The predicted octanol–water partition coefficient (Wildman–Crippen LogP) is 1.80. The minimum atomic E-state index is -1.04. The van der Waals surface area contributed by atoms with Gasteiger partial charge in [-0.25, -0.2) is 4.79 Å². The SMILES string of the molecule is CCOC(=O)C=C[C@H](CCC(N)=O)NC(=O)[C@H](Cc1ccccc1)NC(=O)[C@@H](NC(=O)COc1ccccc1)C(C)C. The van der Waals surface area contributed by atoms with E-state index in [1.807, 2.05) is 36.4 Å². The molecule has 3 atom stereocenters. The summed E-state index contributed by atoms with van der Waals surface area (Å²) in [7, 11) is 0. The van der Waals surface area contributed by atoms with Crippen molar-refractivity contribution in [3.05, 3.63) is 78.4 Å². The molecule has 0 fully saturated rings. The van der Waals surface area contributed by atoms with Gasteiger partial charge in [0.05, 0.1) is 6.61 Å². The standard InChI is InChI=1S/C31H40N4O7/c1-4-41-28(38)18-16-23(15-17-26(32)36)33-30(39)25(19-22-11-7-5-8-12-22)34-31(40)29(21(2)3)35-27(37)20-42-24-13-9-6-10-14-24/h5-14,16,18,21,23,25,29H,4,15,17,19-20H2,1-3H3,(H2,32,36)(H,33,39)(H,34,40)(H,35,37)/t23-,25-,29-/m0/s1. The van der Waals surface area contributed by atoms with Crippen molar-refractivity contribution >= 4 is 29.6 Å². The van der Waals surface area contributed by atoms with Crippen LogP contribution in [-0.4, -0.2) is 60.9 Å². The zero-order valence-electron chi connectivity index (χ0n) is 24.2. The molecule has 0 spiro atoms. The minimum Gasteiger partial charge on any atom is -0.484 e. The topological polar surface area (TPSA) is 166 Å². The summed E-state index contributed by atoms with van der Waals surface area (Å²) in [5.41, 5.74) is 6.08. The predicted molar refractivity (Wildman–Crippen MR) is 157 cm³/mol. The maximum Gasteiger partial charge on any atom is 0.330 e. The van der Waals surface area contributed by atoms with Gasteiger partial charge in [0.25, 0.3) is 5.91 Å². The van der Waals surface area contributed by atoms with E-state index in [0.717, 1.165) is 5.56 Å². The minimum absolute atomic E-state index is 0.0413. The third-order valence-corrected chi connectivity index (χ3v) is 6.07. The van der Waals surface area contributed by atoms with Crippen LogP contribution in [-0.2, 0) is 35.1 Å². The number of nitrogens with one attached hydrogen (secondary N) is 3. The number of esters is 1. The maximum absolute atomic E-state index is 13.5. The highest BCUT2D eigenvalue weighted by Gasteiger charge is 2.30. The molecule has 0 aliphatic rings. The van der Waals surface area contributed by atoms with E-state index in [2.05, 4.69) is 16.0 Å². The van der Waals surface area contributed by atoms with Crippen molar-refractivity contribution in [3.8, 4) is 5.75 Å². The van der Waals surface area contributed by atoms with Crippen LogP contribution in [0.5, 0.6) is 5.75 Å². The second kappa shape index (κ2) is 17.9. The van der Waals surface area contributed by atoms with Gasteiger partial charge in [0.1, 0.15) is 17.8 Å². The molecule has 0 saturated heterocycles. The van der Waals surface area contributed by atoms with Gasteiger partial charge in [-0.2, -0.15) is 0 Å². The zero-order valence-corrected chi connectivity index (χ0v) is 24.2. The molecule has 2 rings (SSSR count). The number of carbonyl (C=O) groups is 5. The Morgan fingerprint density at radius 3 is 2.12 bits per heavy atom. The van der Waals surface area contributed by atoms with E-state index >= 15 is 0 Å². The zero-order chi connectivity index (χ0) is 30.9. The van der Waals surface area contributed by atoms with Crippen LogP contribution in [0.3, 0.4) is 0 Å². The molecule has 0 aromatic heterocycles. The van der Waals surface area contributed by atoms with Crippen LogP contribution in [0.15, 0.2) is 72.8 Å². The number of rotatable bonds is 17. The van der Waals surface area contributed by atoms with E-state index in [4.69, 9.17) is 15.2 Å². The van der Waals surface area contributed by atoms with Crippen LogP contribution in [0.4, 0.5) is 0 Å². The Balaban J connectivity index is 2.18. The highest BCUT2D eigenvalue weighted by molar-refractivity contribution is 5.93. The van der Waals surface area contributed by atoms with Crippen molar-refractivity contribution in [2.24, 2.45) is 11.7 Å². The van der Waals surface area contributed by atoms with Gasteiger partial charge in [0.15, 0.2) is 6.61 Å². The average molecular weight is 581 g/mol. The van der Waals surface area contributed by atoms with Crippen LogP contribution in [0, 0.1) is 5.92 Å². The molecular weight excluding hydrogens is 540 g/mol. The van der Waals surface area contributed by atoms with E-state index in [1.165, 1.54) is 12.2 Å². The lowest BCUT2D eigenvalue weighted by Crippen LogP contribution is -2.57. The van der Waals surface area contributed by atoms with E-state index < -0.39 is 47.7 Å². The number of para-hydroxylation sites is 1. The summed E-state index contributed by atoms with van der Waals surface area (Å²) < 4.78 is 10.4. The van der Waals surface area contributed by atoms with Gasteiger partial charge in [0.2, 0.25) is 17.7 Å². The summed E-state index contributed by atoms with van der Waals surface area (Å²) in [5, 5.41) is 8.24. The quantitative estimate of drug-likeness (QED) is 0.164. The molecule has 2 aromatic carbocycles. The van der Waals surface area contributed by atoms with Crippen LogP contribution in [0.25, 0.3) is 0 Å². The molecule has 0 saturated carbocycles. The first-order valence-corrected chi connectivity index (χ1v) is 13.8. The Kier molecular flexibility index (Phi) is 14.3. The molecule has 0 aliphatic heterocycles. The fraction of sp³-hybridized carbons (Fsp3) is 0.387. The third-order valence-electron chi connectivity index (χ3n) is 6.07. The van der Waals surface area contributed by atoms with Crippen LogP contribution >= 0.6 is 0 Å². The number of amides is 4. The van der Waals surface area contributed by atoms with Gasteiger partial charge in [-0.3, -0.25) is 19.2 Å². The monoisotopic (exact) mass is 580 g/mol. The van der Waals surface area contributed by atoms with Gasteiger partial charge in [-0.1, -0.05) is 68.5 Å². The molecule has 2 aromatic rings. The number of carbonyl (C=O) groups excluding carboxylic acids is 5. The first-order valence-electron chi connectivity index (χ1n) is 13.8. The largest absolute Gasteiger partial charge is 0.484 e. The van der Waals surface area contributed by atoms with E-state index in [1.54, 1.807) is 45.0 Å². The second-order valence-corrected chi connectivity index (χ2v) is 9.87. The summed E-state index contributed by atoms with van der Waals surface area (Å²) in [5.74, 6) is -2.55. The van der Waals surface area contributed by atoms with Crippen molar-refractivity contribution < 1.29 is 33.4 Å². The molecule has 11 heteroatoms. The number of hydrogen-bond acceptors (Lipinski definition) is 7. The Morgan fingerprint density at radius 1 is 0.881 bits per heavy atom. The van der Waals surface area contributed by atoms with Gasteiger partial charge < -0.3 is 31.2 Å². The molecule has 42 heavy (non-hydrogen) atoms. The fourth-order valence-corrected chi connectivity index (χ4v) is 3.92. The maximum atomic E-state index is 13.5. The lowest BCUT2D eigenvalue weighted by molar-refractivity contribution is -0.137. The number of nitrogens with two attached hydrogens (primary N) is 1. The second-order valence-electron chi connectivity index (χ2n) is 9.87. The van der Waals surface area contributed by atoms with E-state index in [-0.39, 0.29) is 38.4 Å². The van der Waals surface area contributed by atoms with Gasteiger partial charge in [0, 0.05) is 25.0 Å². The molecule has 0 heterocycles. The summed E-state index contributed by atoms with van der Waals surface area (Å²) in [6.07, 6.45) is 2.83. The van der Waals surface area contributed by atoms with E-state index in [0.29, 0.717) is 5.75 Å². The van der Waals surface area contributed by atoms with Gasteiger partial charge >= 0.3 is 5.97 Å². The molecule has 11 nitrogen and oxygen atoms in total. The number of hydrogen-bond donors (Lipinski definition) is 4. The first kappa shape index (κ1) is 33.5. The summed E-state index contributed by atoms with van der Waals surface area (Å²) >= 11 is 0. The van der Waals surface area contributed by atoms with Crippen molar-refractivity contribution in [3.63, 3.8) is 0 Å². The molecule has 0 unspecified atom stereocenters. The normalized spacial score (nSPS) is 13.0. The van der Waals surface area contributed by atoms with Crippen LogP contribution < -0.4 is 26.4 Å². The smallest absolute Gasteiger partial charge is 0.330 e. The fourth-order valence-electron chi connectivity index (χ4n) is 3.92. The van der Waals surface area contributed by atoms with Gasteiger partial charge in [-0.15, -0.1) is 0 Å². The molecule has 0 bridgehead atoms. The van der Waals surface area contributed by atoms with Gasteiger partial charge in [-0.05, 0) is 37.0 Å². The molecule has 5 N–H and O–H groups in total. The summed E-state index contributed by atoms with van der Waals surface area (Å²) in [6.45, 7) is 5.10. The molecular formula is C31H40N4O7. The number of ether oxygens (including phenoxy) is 2. The highest BCUT2D eigenvalue weighted by Crippen LogP contribution is 2.10. The Hall–Kier alpha value is -4.67. The molecule has 4 amide bonds. The lowest BCUT2D eigenvalue weighted by Gasteiger charge is -2.26. The Bertz CT molecular complexity index is 1200. The van der Waals surface area contributed by atoms with Crippen molar-refractivity contribution in [1.82, 2.24) is 16.0 Å². The molecule has 0 aliphatic carbocycles. The third kappa shape index (κ3) is 12.7. The summed E-state index contributed by atoms with van der Waals surface area (Å²) in [4.78, 5) is 62.7. The van der Waals surface area contributed by atoms with Crippen LogP contribution in [0.2, 0.25) is 0 Å².